The van der Waals surface area contributed by atoms with E-state index in [0.717, 1.165) is 57.5 Å². The normalized spacial score (nSPS) is 11.6. The van der Waals surface area contributed by atoms with Crippen molar-refractivity contribution in [3.63, 3.8) is 0 Å². The highest BCUT2D eigenvalue weighted by molar-refractivity contribution is 6.08. The highest BCUT2D eigenvalue weighted by Crippen LogP contribution is 2.29. The van der Waals surface area contributed by atoms with Crippen LogP contribution >= 0.6 is 0 Å². The van der Waals surface area contributed by atoms with Gasteiger partial charge in [0, 0.05) is 39.6 Å². The lowest BCUT2D eigenvalue weighted by Crippen LogP contribution is -2.21. The van der Waals surface area contributed by atoms with Crippen molar-refractivity contribution < 1.29 is 4.74 Å². The van der Waals surface area contributed by atoms with Crippen molar-refractivity contribution >= 4 is 56.2 Å². The standard InChI is InChI=1S/C20H19N3.C18H17N3O/c21-20(23-19-13-5-9-15-7-3-11-17(15)19)22-18-12-4-8-14-6-1-2-10-16(14)18;1-22-15-9-5-8-14(12-15)20-18(19)21-17-11-4-7-13-6-2-3-10-16(13)17/h1-2,4-6,8-10,12-13H,3,7,11H2,(H3,21,22,23);2-12H,1H3,(H3,19,20,21). The number of rotatable bonds is 5. The fourth-order valence-corrected chi connectivity index (χ4v) is 5.72. The summed E-state index contributed by atoms with van der Waals surface area (Å²) in [5, 5.41) is 33.5. The summed E-state index contributed by atoms with van der Waals surface area (Å²) >= 11 is 0. The third-order valence-corrected chi connectivity index (χ3v) is 7.84. The summed E-state index contributed by atoms with van der Waals surface area (Å²) in [4.78, 5) is 0. The Kier molecular flexibility index (Phi) is 8.88. The van der Waals surface area contributed by atoms with Crippen molar-refractivity contribution in [2.75, 3.05) is 28.4 Å². The van der Waals surface area contributed by atoms with Gasteiger partial charge in [-0.1, -0.05) is 91.0 Å². The molecular weight excluding hydrogens is 556 g/mol. The van der Waals surface area contributed by atoms with Crippen molar-refractivity contribution in [1.82, 2.24) is 0 Å². The smallest absolute Gasteiger partial charge is 0.197 e. The highest BCUT2D eigenvalue weighted by Gasteiger charge is 2.15. The molecule has 224 valence electrons. The number of anilines is 4. The van der Waals surface area contributed by atoms with Crippen molar-refractivity contribution in [3.05, 3.63) is 139 Å². The number of methoxy groups -OCH3 is 1. The van der Waals surface area contributed by atoms with Gasteiger partial charge >= 0.3 is 0 Å². The Morgan fingerprint density at radius 1 is 0.556 bits per heavy atom. The van der Waals surface area contributed by atoms with Crippen LogP contribution in [0.2, 0.25) is 0 Å². The minimum atomic E-state index is 0.213. The van der Waals surface area contributed by atoms with E-state index in [2.05, 4.69) is 69.8 Å². The van der Waals surface area contributed by atoms with Crippen molar-refractivity contribution in [2.45, 2.75) is 19.3 Å². The highest BCUT2D eigenvalue weighted by atomic mass is 16.5. The summed E-state index contributed by atoms with van der Waals surface area (Å²) < 4.78 is 5.18. The molecule has 1 aliphatic carbocycles. The third kappa shape index (κ3) is 7.05. The lowest BCUT2D eigenvalue weighted by atomic mass is 10.1. The maximum absolute atomic E-state index is 8.28. The van der Waals surface area contributed by atoms with Crippen LogP contribution < -0.4 is 26.0 Å². The second-order valence-electron chi connectivity index (χ2n) is 10.8. The Morgan fingerprint density at radius 3 is 1.76 bits per heavy atom. The molecule has 6 N–H and O–H groups in total. The number of aryl methyl sites for hydroxylation is 1. The second-order valence-corrected chi connectivity index (χ2v) is 10.8. The van der Waals surface area contributed by atoms with Gasteiger partial charge in [-0.15, -0.1) is 0 Å². The van der Waals surface area contributed by atoms with Gasteiger partial charge in [0.2, 0.25) is 0 Å². The minimum absolute atomic E-state index is 0.213. The number of hydrogen-bond acceptors (Lipinski definition) is 3. The maximum atomic E-state index is 8.28. The molecule has 0 saturated heterocycles. The van der Waals surface area contributed by atoms with Crippen molar-refractivity contribution in [3.8, 4) is 5.75 Å². The van der Waals surface area contributed by atoms with Gasteiger partial charge in [0.15, 0.2) is 11.9 Å². The van der Waals surface area contributed by atoms with Gasteiger partial charge in [-0.3, -0.25) is 10.8 Å². The van der Waals surface area contributed by atoms with E-state index < -0.39 is 0 Å². The molecule has 0 spiro atoms. The Bertz CT molecular complexity index is 1970. The molecule has 0 atom stereocenters. The van der Waals surface area contributed by atoms with Crippen LogP contribution in [-0.2, 0) is 12.8 Å². The molecule has 7 nitrogen and oxygen atoms in total. The van der Waals surface area contributed by atoms with Crippen LogP contribution in [0, 0.1) is 10.8 Å². The molecule has 7 heteroatoms. The van der Waals surface area contributed by atoms with Gasteiger partial charge in [-0.05, 0) is 71.5 Å². The first kappa shape index (κ1) is 29.3. The summed E-state index contributed by atoms with van der Waals surface area (Å²) in [6, 6.07) is 42.2. The van der Waals surface area contributed by atoms with Gasteiger partial charge in [0.25, 0.3) is 0 Å². The van der Waals surface area contributed by atoms with Crippen LogP contribution in [0.4, 0.5) is 22.7 Å². The zero-order valence-corrected chi connectivity index (χ0v) is 25.2. The summed E-state index contributed by atoms with van der Waals surface area (Å²) in [5.41, 5.74) is 6.48. The van der Waals surface area contributed by atoms with E-state index in [9.17, 15) is 0 Å². The van der Waals surface area contributed by atoms with Crippen LogP contribution in [-0.4, -0.2) is 19.0 Å². The number of nitrogens with one attached hydrogen (secondary N) is 6. The molecule has 45 heavy (non-hydrogen) atoms. The fraction of sp³-hybridized carbons (Fsp3) is 0.105. The molecule has 0 bridgehead atoms. The van der Waals surface area contributed by atoms with E-state index in [1.807, 2.05) is 78.9 Å². The molecule has 0 radical (unpaired) electrons. The Hall–Kier alpha value is -5.82. The van der Waals surface area contributed by atoms with E-state index in [0.29, 0.717) is 5.96 Å². The third-order valence-electron chi connectivity index (χ3n) is 7.84. The second kappa shape index (κ2) is 13.7. The number of hydrogen-bond donors (Lipinski definition) is 6. The van der Waals surface area contributed by atoms with E-state index >= 15 is 0 Å². The first-order valence-corrected chi connectivity index (χ1v) is 15.0. The van der Waals surface area contributed by atoms with E-state index in [4.69, 9.17) is 15.6 Å². The number of benzene rings is 6. The van der Waals surface area contributed by atoms with Gasteiger partial charge in [-0.2, -0.15) is 0 Å². The van der Waals surface area contributed by atoms with Crippen LogP contribution in [0.15, 0.2) is 127 Å². The predicted molar refractivity (Wildman–Crippen MR) is 189 cm³/mol. The Labute approximate surface area is 263 Å². The first-order valence-electron chi connectivity index (χ1n) is 15.0. The van der Waals surface area contributed by atoms with Crippen LogP contribution in [0.5, 0.6) is 5.75 Å². The predicted octanol–water partition coefficient (Wildman–Crippen LogP) is 9.09. The average molecular weight is 593 g/mol. The number of ether oxygens (including phenoxy) is 1. The monoisotopic (exact) mass is 592 g/mol. The summed E-state index contributed by atoms with van der Waals surface area (Å²) in [6.45, 7) is 0. The minimum Gasteiger partial charge on any atom is -0.497 e. The molecule has 0 amide bonds. The summed E-state index contributed by atoms with van der Waals surface area (Å²) in [5.74, 6) is 1.27. The zero-order valence-electron chi connectivity index (χ0n) is 25.2. The van der Waals surface area contributed by atoms with Gasteiger partial charge in [-0.25, -0.2) is 0 Å². The molecule has 6 aromatic carbocycles. The largest absolute Gasteiger partial charge is 0.497 e. The lowest BCUT2D eigenvalue weighted by molar-refractivity contribution is 0.415. The van der Waals surface area contributed by atoms with Gasteiger partial charge < -0.3 is 26.0 Å². The summed E-state index contributed by atoms with van der Waals surface area (Å²) in [6.07, 6.45) is 3.45. The van der Waals surface area contributed by atoms with Gasteiger partial charge in [0.1, 0.15) is 5.75 Å². The molecule has 0 saturated carbocycles. The summed E-state index contributed by atoms with van der Waals surface area (Å²) in [7, 11) is 1.62. The van der Waals surface area contributed by atoms with Crippen molar-refractivity contribution in [1.29, 1.82) is 10.8 Å². The number of guanidine groups is 2. The molecular formula is C38H36N6O. The van der Waals surface area contributed by atoms with Crippen LogP contribution in [0.3, 0.4) is 0 Å². The molecule has 0 unspecified atom stereocenters. The quantitative estimate of drug-likeness (QED) is 0.0885. The Morgan fingerprint density at radius 2 is 1.09 bits per heavy atom. The first-order chi connectivity index (χ1) is 22.1. The number of fused-ring (bicyclic) bond motifs is 3. The lowest BCUT2D eigenvalue weighted by Gasteiger charge is -2.15. The SMILES string of the molecule is COc1cccc(NC(=N)Nc2cccc3ccccc23)c1.N=C(Nc1cccc2c1CCC2)Nc1cccc2ccccc12. The molecule has 0 aliphatic heterocycles. The molecule has 6 aromatic rings. The molecule has 0 aromatic heterocycles. The van der Waals surface area contributed by atoms with Crippen LogP contribution in [0.1, 0.15) is 17.5 Å². The fourth-order valence-electron chi connectivity index (χ4n) is 5.72. The van der Waals surface area contributed by atoms with Crippen molar-refractivity contribution in [2.24, 2.45) is 0 Å². The molecule has 0 fully saturated rings. The molecule has 7 rings (SSSR count). The van der Waals surface area contributed by atoms with E-state index in [1.54, 1.807) is 7.11 Å². The van der Waals surface area contributed by atoms with Gasteiger partial charge in [0.05, 0.1) is 7.11 Å². The topological polar surface area (TPSA) is 105 Å². The molecule has 1 aliphatic rings. The van der Waals surface area contributed by atoms with E-state index in [-0.39, 0.29) is 5.96 Å². The Balaban J connectivity index is 0.000000159. The maximum Gasteiger partial charge on any atom is 0.197 e. The van der Waals surface area contributed by atoms with E-state index in [1.165, 1.54) is 22.9 Å². The molecule has 0 heterocycles. The van der Waals surface area contributed by atoms with Crippen LogP contribution in [0.25, 0.3) is 21.5 Å². The average Bonchev–Trinajstić information content (AvgIpc) is 3.56. The zero-order chi connectivity index (χ0) is 31.0.